The van der Waals surface area contributed by atoms with Crippen molar-refractivity contribution in [3.05, 3.63) is 83.3 Å². The largest absolute Gasteiger partial charge is 0.494 e. The Hall–Kier alpha value is -4.77. The molecule has 1 heterocycles. The quantitative estimate of drug-likeness (QED) is 0.321. The number of nitrogens with one attached hydrogen (secondary N) is 2. The Balaban J connectivity index is 1.43. The van der Waals surface area contributed by atoms with Gasteiger partial charge in [-0.25, -0.2) is 0 Å². The van der Waals surface area contributed by atoms with Gasteiger partial charge in [0.15, 0.2) is 18.1 Å². The number of hydrogen-bond acceptors (Lipinski definition) is 8. The van der Waals surface area contributed by atoms with Gasteiger partial charge in [0.2, 0.25) is 5.91 Å². The van der Waals surface area contributed by atoms with Crippen LogP contribution in [0.2, 0.25) is 0 Å². The lowest BCUT2D eigenvalue weighted by molar-refractivity contribution is -0.127. The minimum atomic E-state index is -0.618. The Morgan fingerprint density at radius 1 is 0.875 bits per heavy atom. The van der Waals surface area contributed by atoms with E-state index >= 15 is 0 Å². The van der Waals surface area contributed by atoms with Gasteiger partial charge in [-0.05, 0) is 67.2 Å². The van der Waals surface area contributed by atoms with Crippen LogP contribution >= 0.6 is 11.8 Å². The van der Waals surface area contributed by atoms with Crippen molar-refractivity contribution in [1.82, 2.24) is 4.90 Å². The lowest BCUT2D eigenvalue weighted by Gasteiger charge is -2.14. The highest BCUT2D eigenvalue weighted by Gasteiger charge is 2.36. The molecule has 3 aromatic rings. The van der Waals surface area contributed by atoms with Gasteiger partial charge in [-0.2, -0.15) is 0 Å². The molecule has 4 amide bonds. The van der Waals surface area contributed by atoms with Crippen molar-refractivity contribution in [3.63, 3.8) is 0 Å². The second-order valence-corrected chi connectivity index (χ2v) is 9.35. The maximum absolute atomic E-state index is 13.0. The van der Waals surface area contributed by atoms with Crippen LogP contribution in [0.4, 0.5) is 16.2 Å². The van der Waals surface area contributed by atoms with Crippen molar-refractivity contribution in [3.8, 4) is 17.2 Å². The molecule has 0 bridgehead atoms. The van der Waals surface area contributed by atoms with Gasteiger partial charge in [0.1, 0.15) is 12.3 Å². The molecule has 0 spiro atoms. The summed E-state index contributed by atoms with van der Waals surface area (Å²) in [4.78, 5) is 51.6. The van der Waals surface area contributed by atoms with Crippen LogP contribution < -0.4 is 24.8 Å². The van der Waals surface area contributed by atoms with Crippen molar-refractivity contribution in [2.24, 2.45) is 0 Å². The summed E-state index contributed by atoms with van der Waals surface area (Å²) in [6.45, 7) is 1.62. The number of hydrogen-bond donors (Lipinski definition) is 2. The van der Waals surface area contributed by atoms with Crippen molar-refractivity contribution in [2.45, 2.75) is 6.92 Å². The average Bonchev–Trinajstić information content (AvgIpc) is 3.21. The molecule has 206 valence electrons. The zero-order valence-corrected chi connectivity index (χ0v) is 22.7. The maximum atomic E-state index is 13.0. The molecule has 1 aliphatic heterocycles. The van der Waals surface area contributed by atoms with Crippen LogP contribution in [0.5, 0.6) is 17.2 Å². The fraction of sp³-hybridized carbons (Fsp3) is 0.172. The second kappa shape index (κ2) is 13.3. The fourth-order valence-corrected chi connectivity index (χ4v) is 4.57. The first-order chi connectivity index (χ1) is 19.4. The Morgan fingerprint density at radius 3 is 2.27 bits per heavy atom. The third-order valence-corrected chi connectivity index (χ3v) is 6.45. The average molecular weight is 562 g/mol. The lowest BCUT2D eigenvalue weighted by atomic mass is 10.1. The molecule has 0 atom stereocenters. The van der Waals surface area contributed by atoms with Crippen LogP contribution in [0, 0.1) is 0 Å². The third kappa shape index (κ3) is 7.20. The van der Waals surface area contributed by atoms with Crippen LogP contribution in [0.3, 0.4) is 0 Å². The summed E-state index contributed by atoms with van der Waals surface area (Å²) < 4.78 is 16.5. The minimum absolute atomic E-state index is 0.103. The van der Waals surface area contributed by atoms with Gasteiger partial charge >= 0.3 is 0 Å². The van der Waals surface area contributed by atoms with E-state index in [0.29, 0.717) is 46.8 Å². The summed E-state index contributed by atoms with van der Waals surface area (Å²) >= 11 is 0.707. The predicted molar refractivity (Wildman–Crippen MR) is 152 cm³/mol. The molecule has 0 radical (unpaired) electrons. The number of amides is 4. The van der Waals surface area contributed by atoms with Gasteiger partial charge < -0.3 is 24.8 Å². The summed E-state index contributed by atoms with van der Waals surface area (Å²) in [5.74, 6) is -0.297. The molecule has 4 rings (SSSR count). The molecule has 0 aliphatic carbocycles. The minimum Gasteiger partial charge on any atom is -0.494 e. The number of ether oxygens (including phenoxy) is 3. The van der Waals surface area contributed by atoms with E-state index in [1.54, 1.807) is 66.7 Å². The number of anilines is 2. The van der Waals surface area contributed by atoms with Crippen LogP contribution in [-0.4, -0.2) is 54.7 Å². The number of nitrogens with zero attached hydrogens (tertiary/aromatic N) is 1. The van der Waals surface area contributed by atoms with Crippen LogP contribution in [0.25, 0.3) is 6.08 Å². The molecular weight excluding hydrogens is 534 g/mol. The van der Waals surface area contributed by atoms with E-state index in [9.17, 15) is 19.2 Å². The van der Waals surface area contributed by atoms with Gasteiger partial charge in [0.05, 0.1) is 18.6 Å². The van der Waals surface area contributed by atoms with Gasteiger partial charge in [-0.3, -0.25) is 24.1 Å². The number of benzene rings is 3. The Bertz CT molecular complexity index is 1430. The lowest BCUT2D eigenvalue weighted by Crippen LogP contribution is -2.36. The predicted octanol–water partition coefficient (Wildman–Crippen LogP) is 4.79. The van der Waals surface area contributed by atoms with E-state index in [1.807, 2.05) is 13.0 Å². The zero-order valence-electron chi connectivity index (χ0n) is 21.8. The highest BCUT2D eigenvalue weighted by molar-refractivity contribution is 8.18. The number of thioether (sulfide) groups is 1. The smallest absolute Gasteiger partial charge is 0.294 e. The third-order valence-electron chi connectivity index (χ3n) is 5.55. The number of para-hydroxylation sites is 2. The fourth-order valence-electron chi connectivity index (χ4n) is 3.74. The van der Waals surface area contributed by atoms with Gasteiger partial charge in [-0.1, -0.05) is 30.3 Å². The highest BCUT2D eigenvalue weighted by atomic mass is 32.2. The van der Waals surface area contributed by atoms with Crippen molar-refractivity contribution < 1.29 is 33.4 Å². The highest BCUT2D eigenvalue weighted by Crippen LogP contribution is 2.37. The first kappa shape index (κ1) is 28.2. The molecular formula is C29H27N3O7S. The molecule has 2 N–H and O–H groups in total. The number of methoxy groups -OCH3 is 1. The zero-order chi connectivity index (χ0) is 28.5. The van der Waals surface area contributed by atoms with E-state index < -0.39 is 23.6 Å². The molecule has 0 unspecified atom stereocenters. The summed E-state index contributed by atoms with van der Waals surface area (Å²) in [5.41, 5.74) is 1.55. The molecule has 0 aromatic heterocycles. The van der Waals surface area contributed by atoms with Gasteiger partial charge in [0, 0.05) is 16.9 Å². The first-order valence-corrected chi connectivity index (χ1v) is 13.1. The normalized spacial score (nSPS) is 13.8. The van der Waals surface area contributed by atoms with E-state index in [1.165, 1.54) is 13.2 Å². The Labute approximate surface area is 235 Å². The molecule has 11 heteroatoms. The second-order valence-electron chi connectivity index (χ2n) is 8.35. The van der Waals surface area contributed by atoms with E-state index in [0.717, 1.165) is 4.90 Å². The summed E-state index contributed by atoms with van der Waals surface area (Å²) in [5, 5.41) is 4.82. The van der Waals surface area contributed by atoms with Crippen molar-refractivity contribution in [1.29, 1.82) is 0 Å². The van der Waals surface area contributed by atoms with E-state index in [2.05, 4.69) is 10.6 Å². The topological polar surface area (TPSA) is 123 Å². The number of rotatable bonds is 11. The number of imide groups is 1. The molecule has 3 aromatic carbocycles. The van der Waals surface area contributed by atoms with Crippen molar-refractivity contribution in [2.75, 3.05) is 37.5 Å². The van der Waals surface area contributed by atoms with Crippen LogP contribution in [0.1, 0.15) is 12.5 Å². The monoisotopic (exact) mass is 561 g/mol. The van der Waals surface area contributed by atoms with Gasteiger partial charge in [0.25, 0.3) is 17.1 Å². The molecule has 1 saturated heterocycles. The van der Waals surface area contributed by atoms with Crippen LogP contribution in [-0.2, 0) is 14.4 Å². The molecule has 1 fully saturated rings. The van der Waals surface area contributed by atoms with Gasteiger partial charge in [-0.15, -0.1) is 0 Å². The Kier molecular flexibility index (Phi) is 9.42. The van der Waals surface area contributed by atoms with E-state index in [-0.39, 0.29) is 23.2 Å². The first-order valence-electron chi connectivity index (χ1n) is 12.3. The van der Waals surface area contributed by atoms with Crippen LogP contribution in [0.15, 0.2) is 77.7 Å². The standard InChI is InChI=1S/C29H27N3O7S/c1-3-38-22-14-12-21(13-15-22)30-25(33)17-32-28(35)24(40-29(32)36)16-19-8-7-11-23(37-2)27(19)39-18-26(34)31-20-9-5-4-6-10-20/h4-16H,3,17-18H2,1-2H3,(H,30,33)(H,31,34)/b24-16+. The number of carbonyl (C=O) groups is 4. The van der Waals surface area contributed by atoms with E-state index in [4.69, 9.17) is 14.2 Å². The van der Waals surface area contributed by atoms with Crippen molar-refractivity contribution >= 4 is 52.2 Å². The molecule has 0 saturated carbocycles. The summed E-state index contributed by atoms with van der Waals surface area (Å²) in [6, 6.07) is 20.7. The SMILES string of the molecule is CCOc1ccc(NC(=O)CN2C(=O)S/C(=C/c3cccc(OC)c3OCC(=O)Nc3ccccc3)C2=O)cc1. The summed E-state index contributed by atoms with van der Waals surface area (Å²) in [7, 11) is 1.45. The number of carbonyl (C=O) groups excluding carboxylic acids is 4. The molecule has 40 heavy (non-hydrogen) atoms. The summed E-state index contributed by atoms with van der Waals surface area (Å²) in [6.07, 6.45) is 1.47. The Morgan fingerprint density at radius 2 is 1.57 bits per heavy atom. The maximum Gasteiger partial charge on any atom is 0.294 e. The molecule has 1 aliphatic rings. The molecule has 10 nitrogen and oxygen atoms in total.